The molecule has 0 aromatic heterocycles. The molecule has 0 atom stereocenters. The van der Waals surface area contributed by atoms with Crippen LogP contribution in [0.3, 0.4) is 0 Å². The number of hydrogen-bond acceptors (Lipinski definition) is 3. The zero-order valence-electron chi connectivity index (χ0n) is 19.8. The molecule has 0 aliphatic heterocycles. The molecule has 0 aliphatic carbocycles. The summed E-state index contributed by atoms with van der Waals surface area (Å²) in [4.78, 5) is 20.7. The largest absolute Gasteiger partial charge is 0.481 e. The molecule has 0 spiro atoms. The van der Waals surface area contributed by atoms with Crippen molar-refractivity contribution in [2.45, 2.75) is 143 Å². The molecule has 0 saturated carbocycles. The van der Waals surface area contributed by atoms with Crippen LogP contribution < -0.4 is 0 Å². The predicted molar refractivity (Wildman–Crippen MR) is 119 cm³/mol. The minimum atomic E-state index is -0.653. The average molecular weight is 449 g/mol. The number of rotatable bonds is 18. The molecule has 0 amide bonds. The summed E-state index contributed by atoms with van der Waals surface area (Å²) in [6.45, 7) is 7.73. The van der Waals surface area contributed by atoms with E-state index in [-0.39, 0.29) is 33.8 Å². The second-order valence-corrected chi connectivity index (χ2v) is 7.99. The normalized spacial score (nSPS) is 10.1. The topological polar surface area (TPSA) is 63.6 Å². The van der Waals surface area contributed by atoms with Crippen LogP contribution in [0, 0.1) is 0 Å². The van der Waals surface area contributed by atoms with Gasteiger partial charge in [0.05, 0.1) is 6.10 Å². The van der Waals surface area contributed by atoms with Crippen LogP contribution in [0.5, 0.6) is 0 Å². The van der Waals surface area contributed by atoms with Crippen LogP contribution >= 0.6 is 0 Å². The number of aliphatic carboxylic acids is 1. The summed E-state index contributed by atoms with van der Waals surface area (Å²) in [7, 11) is 0. The minimum Gasteiger partial charge on any atom is -0.481 e. The zero-order valence-corrected chi connectivity index (χ0v) is 21.3. The van der Waals surface area contributed by atoms with Crippen LogP contribution in [-0.4, -0.2) is 23.1 Å². The Labute approximate surface area is 195 Å². The van der Waals surface area contributed by atoms with Crippen molar-refractivity contribution in [3.05, 3.63) is 0 Å². The molecule has 0 aliphatic rings. The van der Waals surface area contributed by atoms with Gasteiger partial charge >= 0.3 is 11.9 Å². The molecule has 0 fully saturated rings. The predicted octanol–water partition coefficient (Wildman–Crippen LogP) is 7.68. The molecule has 172 valence electrons. The van der Waals surface area contributed by atoms with E-state index in [1.807, 2.05) is 13.8 Å². The number of carbonyl (C=O) groups is 2. The van der Waals surface area contributed by atoms with Gasteiger partial charge in [0.2, 0.25) is 0 Å². The van der Waals surface area contributed by atoms with E-state index in [4.69, 9.17) is 9.84 Å². The zero-order chi connectivity index (χ0) is 21.5. The quantitative estimate of drug-likeness (QED) is 0.133. The maximum atomic E-state index is 10.4. The van der Waals surface area contributed by atoms with Crippen LogP contribution in [-0.2, 0) is 36.0 Å². The van der Waals surface area contributed by atoms with Crippen molar-refractivity contribution in [3.63, 3.8) is 0 Å². The Balaban J connectivity index is -0.000000636. The molecule has 29 heavy (non-hydrogen) atoms. The number of carbonyl (C=O) groups excluding carboxylic acids is 1. The van der Waals surface area contributed by atoms with Crippen molar-refractivity contribution in [2.24, 2.45) is 0 Å². The number of ether oxygens (including phenoxy) is 1. The summed E-state index contributed by atoms with van der Waals surface area (Å²) in [5.41, 5.74) is 0. The van der Waals surface area contributed by atoms with Gasteiger partial charge in [0, 0.05) is 34.6 Å². The van der Waals surface area contributed by atoms with Gasteiger partial charge in [-0.15, -0.1) is 0 Å². The summed E-state index contributed by atoms with van der Waals surface area (Å²) >= 11 is 0. The molecule has 0 bridgehead atoms. The summed E-state index contributed by atoms with van der Waals surface area (Å²) in [5.74, 6) is -0.778. The second kappa shape index (κ2) is 27.7. The van der Waals surface area contributed by atoms with E-state index in [0.717, 1.165) is 12.8 Å². The van der Waals surface area contributed by atoms with Crippen LogP contribution in [0.1, 0.15) is 137 Å². The molecule has 0 rings (SSSR count). The van der Waals surface area contributed by atoms with Gasteiger partial charge in [-0.25, -0.2) is 0 Å². The van der Waals surface area contributed by atoms with E-state index >= 15 is 0 Å². The molecule has 0 aromatic rings. The number of unbranched alkanes of at least 4 members (excludes halogenated alkanes) is 14. The van der Waals surface area contributed by atoms with Gasteiger partial charge in [0.25, 0.3) is 0 Å². The second-order valence-electron chi connectivity index (χ2n) is 7.99. The van der Waals surface area contributed by atoms with E-state index in [2.05, 4.69) is 6.92 Å². The van der Waals surface area contributed by atoms with Crippen molar-refractivity contribution in [1.29, 1.82) is 0 Å². The molecule has 0 radical (unpaired) electrons. The molecule has 1 N–H and O–H groups in total. The van der Waals surface area contributed by atoms with Gasteiger partial charge in [-0.2, -0.15) is 0 Å². The first-order valence-electron chi connectivity index (χ1n) is 11.8. The van der Waals surface area contributed by atoms with Gasteiger partial charge in [0.15, 0.2) is 0 Å². The third-order valence-corrected chi connectivity index (χ3v) is 4.65. The molecule has 0 aromatic carbocycles. The molecule has 0 saturated heterocycles. The van der Waals surface area contributed by atoms with Crippen molar-refractivity contribution < 1.29 is 41.2 Å². The molecule has 0 heterocycles. The van der Waals surface area contributed by atoms with Crippen molar-refractivity contribution in [3.8, 4) is 0 Å². The van der Waals surface area contributed by atoms with Gasteiger partial charge in [-0.3, -0.25) is 9.59 Å². The maximum Gasteiger partial charge on any atom is 0.305 e. The number of esters is 1. The fourth-order valence-electron chi connectivity index (χ4n) is 2.99. The fourth-order valence-corrected chi connectivity index (χ4v) is 2.99. The van der Waals surface area contributed by atoms with Crippen molar-refractivity contribution >= 4 is 11.9 Å². The van der Waals surface area contributed by atoms with E-state index in [1.165, 1.54) is 83.5 Å². The summed E-state index contributed by atoms with van der Waals surface area (Å²) in [5, 5.41) is 8.52. The van der Waals surface area contributed by atoms with Crippen LogP contribution in [0.25, 0.3) is 0 Å². The minimum absolute atomic E-state index is 0. The van der Waals surface area contributed by atoms with Crippen molar-refractivity contribution in [1.82, 2.24) is 0 Å². The maximum absolute atomic E-state index is 10.4. The fraction of sp³-hybridized carbons (Fsp3) is 0.917. The third-order valence-electron chi connectivity index (χ3n) is 4.65. The summed E-state index contributed by atoms with van der Waals surface area (Å²) in [6, 6.07) is 0. The third kappa shape index (κ3) is 35.5. The van der Waals surface area contributed by atoms with Gasteiger partial charge in [-0.1, -0.05) is 104 Å². The van der Waals surface area contributed by atoms with Crippen molar-refractivity contribution in [2.75, 3.05) is 0 Å². The Hall–Kier alpha value is -0.346. The van der Waals surface area contributed by atoms with Gasteiger partial charge in [-0.05, 0) is 20.3 Å². The average Bonchev–Trinajstić information content (AvgIpc) is 2.64. The molecule has 5 heteroatoms. The van der Waals surface area contributed by atoms with Gasteiger partial charge < -0.3 is 9.84 Å². The van der Waals surface area contributed by atoms with Crippen LogP contribution in [0.15, 0.2) is 0 Å². The molecular weight excluding hydrogens is 400 g/mol. The van der Waals surface area contributed by atoms with E-state index < -0.39 is 5.97 Å². The van der Waals surface area contributed by atoms with E-state index in [1.54, 1.807) is 6.92 Å². The smallest absolute Gasteiger partial charge is 0.305 e. The Bertz CT molecular complexity index is 346. The summed E-state index contributed by atoms with van der Waals surface area (Å²) in [6.07, 6.45) is 20.7. The first-order chi connectivity index (χ1) is 13.4. The van der Waals surface area contributed by atoms with Crippen LogP contribution in [0.2, 0.25) is 0 Å². The first-order valence-corrected chi connectivity index (χ1v) is 11.8. The number of carboxylic acid groups (broad SMARTS) is 1. The Kier molecular flexibility index (Phi) is 31.8. The van der Waals surface area contributed by atoms with Gasteiger partial charge in [0.1, 0.15) is 0 Å². The van der Waals surface area contributed by atoms with Crippen LogP contribution in [0.4, 0.5) is 0 Å². The summed E-state index contributed by atoms with van der Waals surface area (Å²) < 4.78 is 4.76. The monoisotopic (exact) mass is 448 g/mol. The SMILES string of the molecule is CCC(=O)OC(C)C.CCCCCCCCCCCCCCCCCC(=O)O.[Ti]. The Morgan fingerprint density at radius 1 is 0.690 bits per heavy atom. The molecule has 4 nitrogen and oxygen atoms in total. The number of carboxylic acids is 1. The Morgan fingerprint density at radius 3 is 1.28 bits per heavy atom. The van der Waals surface area contributed by atoms with E-state index in [9.17, 15) is 9.59 Å². The molecule has 0 unspecified atom stereocenters. The first kappa shape index (κ1) is 33.3. The Morgan fingerprint density at radius 2 is 1.03 bits per heavy atom. The molecular formula is C24H48O4Ti. The number of hydrogen-bond donors (Lipinski definition) is 1. The van der Waals surface area contributed by atoms with E-state index in [0.29, 0.717) is 12.8 Å². The standard InChI is InChI=1S/C18H36O2.C6H12O2.Ti/c1-2-3-4-5-6-7-8-9-10-11-12-13-14-15-16-17-18(19)20;1-4-6(7)8-5(2)3;/h2-17H2,1H3,(H,19,20);5H,4H2,1-3H3;.